The lowest BCUT2D eigenvalue weighted by Gasteiger charge is -2.24. The van der Waals surface area contributed by atoms with Crippen LogP contribution in [0.2, 0.25) is 0 Å². The van der Waals surface area contributed by atoms with Crippen LogP contribution in [0.4, 0.5) is 0 Å². The zero-order valence-electron chi connectivity index (χ0n) is 11.5. The normalized spacial score (nSPS) is 21.4. The lowest BCUT2D eigenvalue weighted by Crippen LogP contribution is -2.19. The van der Waals surface area contributed by atoms with E-state index < -0.39 is 0 Å². The Balaban J connectivity index is 1.85. The standard InChI is InChI=1S/C17H17NO2/c1-17(8-7-16(19)15(11-17)12-18)9-10-20-13-14-5-3-2-4-6-14/h2-8,11H,9-10,13H2,1H3. The van der Waals surface area contributed by atoms with E-state index in [-0.39, 0.29) is 16.8 Å². The Morgan fingerprint density at radius 2 is 2.05 bits per heavy atom. The fourth-order valence-corrected chi connectivity index (χ4v) is 2.10. The van der Waals surface area contributed by atoms with Crippen molar-refractivity contribution in [3.8, 4) is 6.07 Å². The van der Waals surface area contributed by atoms with Gasteiger partial charge in [0.2, 0.25) is 0 Å². The first kappa shape index (κ1) is 14.2. The number of benzene rings is 1. The minimum atomic E-state index is -0.282. The first-order chi connectivity index (χ1) is 9.63. The summed E-state index contributed by atoms with van der Waals surface area (Å²) in [6, 6.07) is 11.9. The second-order valence-corrected chi connectivity index (χ2v) is 5.16. The number of carbonyl (C=O) groups is 1. The highest BCUT2D eigenvalue weighted by atomic mass is 16.5. The monoisotopic (exact) mass is 267 g/mol. The van der Waals surface area contributed by atoms with Gasteiger partial charge in [-0.25, -0.2) is 0 Å². The van der Waals surface area contributed by atoms with Crippen LogP contribution in [-0.4, -0.2) is 12.4 Å². The molecule has 102 valence electrons. The van der Waals surface area contributed by atoms with E-state index in [1.165, 1.54) is 6.08 Å². The van der Waals surface area contributed by atoms with Crippen molar-refractivity contribution in [3.05, 3.63) is 59.7 Å². The maximum absolute atomic E-state index is 11.4. The summed E-state index contributed by atoms with van der Waals surface area (Å²) in [5.74, 6) is -0.213. The Bertz CT molecular complexity index is 581. The van der Waals surface area contributed by atoms with Gasteiger partial charge in [0.05, 0.1) is 12.2 Å². The molecule has 0 spiro atoms. The minimum Gasteiger partial charge on any atom is -0.377 e. The molecule has 0 N–H and O–H groups in total. The fourth-order valence-electron chi connectivity index (χ4n) is 2.10. The number of nitrogens with zero attached hydrogens (tertiary/aromatic N) is 1. The molecule has 0 saturated carbocycles. The third-order valence-corrected chi connectivity index (χ3v) is 3.37. The van der Waals surface area contributed by atoms with Gasteiger partial charge >= 0.3 is 0 Å². The first-order valence-electron chi connectivity index (χ1n) is 6.61. The summed E-state index contributed by atoms with van der Waals surface area (Å²) in [6.07, 6.45) is 5.81. The van der Waals surface area contributed by atoms with Crippen LogP contribution < -0.4 is 0 Å². The topological polar surface area (TPSA) is 50.1 Å². The largest absolute Gasteiger partial charge is 0.377 e. The highest BCUT2D eigenvalue weighted by molar-refractivity contribution is 6.08. The predicted molar refractivity (Wildman–Crippen MR) is 76.7 cm³/mol. The molecule has 3 nitrogen and oxygen atoms in total. The number of allylic oxidation sites excluding steroid dienone is 4. The number of rotatable bonds is 5. The third kappa shape index (κ3) is 3.66. The lowest BCUT2D eigenvalue weighted by molar-refractivity contribution is -0.111. The van der Waals surface area contributed by atoms with E-state index in [2.05, 4.69) is 0 Å². The Hall–Kier alpha value is -2.18. The summed E-state index contributed by atoms with van der Waals surface area (Å²) in [5.41, 5.74) is 1.08. The molecular weight excluding hydrogens is 250 g/mol. The zero-order valence-corrected chi connectivity index (χ0v) is 11.5. The van der Waals surface area contributed by atoms with Crippen LogP contribution >= 0.6 is 0 Å². The van der Waals surface area contributed by atoms with Crippen LogP contribution in [0.25, 0.3) is 0 Å². The minimum absolute atomic E-state index is 0.213. The zero-order chi connectivity index (χ0) is 14.4. The van der Waals surface area contributed by atoms with Crippen molar-refractivity contribution in [3.63, 3.8) is 0 Å². The summed E-state index contributed by atoms with van der Waals surface area (Å²) in [4.78, 5) is 11.4. The average Bonchev–Trinajstić information content (AvgIpc) is 2.48. The van der Waals surface area contributed by atoms with Crippen LogP contribution in [0.3, 0.4) is 0 Å². The molecule has 0 saturated heterocycles. The Morgan fingerprint density at radius 3 is 2.75 bits per heavy atom. The lowest BCUT2D eigenvalue weighted by atomic mass is 9.80. The van der Waals surface area contributed by atoms with Crippen LogP contribution in [0, 0.1) is 16.7 Å². The number of hydrogen-bond acceptors (Lipinski definition) is 3. The van der Waals surface area contributed by atoms with Crippen molar-refractivity contribution in [2.45, 2.75) is 20.0 Å². The van der Waals surface area contributed by atoms with Crippen molar-refractivity contribution in [1.29, 1.82) is 5.26 Å². The van der Waals surface area contributed by atoms with Gasteiger partial charge in [0.1, 0.15) is 6.07 Å². The van der Waals surface area contributed by atoms with E-state index in [0.717, 1.165) is 12.0 Å². The van der Waals surface area contributed by atoms with Crippen molar-refractivity contribution >= 4 is 5.78 Å². The van der Waals surface area contributed by atoms with Gasteiger partial charge in [-0.2, -0.15) is 5.26 Å². The summed E-state index contributed by atoms with van der Waals surface area (Å²) < 4.78 is 5.65. The van der Waals surface area contributed by atoms with Gasteiger partial charge in [0.15, 0.2) is 5.78 Å². The molecule has 1 atom stereocenters. The fraction of sp³-hybridized carbons (Fsp3) is 0.294. The summed E-state index contributed by atoms with van der Waals surface area (Å²) in [5, 5.41) is 8.91. The molecule has 1 aromatic carbocycles. The van der Waals surface area contributed by atoms with Crippen molar-refractivity contribution < 1.29 is 9.53 Å². The molecule has 0 aromatic heterocycles. The highest BCUT2D eigenvalue weighted by Gasteiger charge is 2.25. The molecule has 0 radical (unpaired) electrons. The maximum atomic E-state index is 11.4. The summed E-state index contributed by atoms with van der Waals surface area (Å²) >= 11 is 0. The quantitative estimate of drug-likeness (QED) is 0.770. The Kier molecular flexibility index (Phi) is 4.49. The number of hydrogen-bond donors (Lipinski definition) is 0. The molecule has 1 unspecified atom stereocenters. The van der Waals surface area contributed by atoms with Crippen LogP contribution in [0.1, 0.15) is 18.9 Å². The highest BCUT2D eigenvalue weighted by Crippen LogP contribution is 2.30. The second-order valence-electron chi connectivity index (χ2n) is 5.16. The van der Waals surface area contributed by atoms with Gasteiger partial charge < -0.3 is 4.74 Å². The Morgan fingerprint density at radius 1 is 1.30 bits per heavy atom. The van der Waals surface area contributed by atoms with Crippen molar-refractivity contribution in [2.75, 3.05) is 6.61 Å². The molecule has 2 rings (SSSR count). The molecule has 0 fully saturated rings. The van der Waals surface area contributed by atoms with Gasteiger partial charge in [-0.15, -0.1) is 0 Å². The molecule has 0 amide bonds. The molecule has 1 aromatic rings. The molecule has 1 aliphatic carbocycles. The van der Waals surface area contributed by atoms with Crippen LogP contribution in [0.5, 0.6) is 0 Å². The maximum Gasteiger partial charge on any atom is 0.195 e. The van der Waals surface area contributed by atoms with Gasteiger partial charge in [0.25, 0.3) is 0 Å². The number of nitriles is 1. The van der Waals surface area contributed by atoms with E-state index >= 15 is 0 Å². The number of ketones is 1. The molecule has 0 heterocycles. The van der Waals surface area contributed by atoms with Crippen LogP contribution in [-0.2, 0) is 16.1 Å². The molecule has 3 heteroatoms. The third-order valence-electron chi connectivity index (χ3n) is 3.37. The first-order valence-corrected chi connectivity index (χ1v) is 6.61. The average molecular weight is 267 g/mol. The molecule has 20 heavy (non-hydrogen) atoms. The smallest absolute Gasteiger partial charge is 0.195 e. The van der Waals surface area contributed by atoms with Gasteiger partial charge in [0, 0.05) is 12.0 Å². The molecule has 0 bridgehead atoms. The van der Waals surface area contributed by atoms with E-state index in [1.54, 1.807) is 6.08 Å². The second kappa shape index (κ2) is 6.31. The molecular formula is C17H17NO2. The summed E-state index contributed by atoms with van der Waals surface area (Å²) in [7, 11) is 0. The molecule has 0 aliphatic heterocycles. The van der Waals surface area contributed by atoms with E-state index in [4.69, 9.17) is 10.00 Å². The number of ether oxygens (including phenoxy) is 1. The van der Waals surface area contributed by atoms with Crippen LogP contribution in [0.15, 0.2) is 54.1 Å². The van der Waals surface area contributed by atoms with E-state index in [0.29, 0.717) is 13.2 Å². The molecule has 1 aliphatic rings. The van der Waals surface area contributed by atoms with Gasteiger partial charge in [-0.3, -0.25) is 4.79 Å². The van der Waals surface area contributed by atoms with Crippen molar-refractivity contribution in [1.82, 2.24) is 0 Å². The van der Waals surface area contributed by atoms with Gasteiger partial charge in [-0.05, 0) is 18.1 Å². The van der Waals surface area contributed by atoms with Gasteiger partial charge in [-0.1, -0.05) is 49.4 Å². The van der Waals surface area contributed by atoms with E-state index in [1.807, 2.05) is 49.4 Å². The predicted octanol–water partition coefficient (Wildman–Crippen LogP) is 3.19. The number of carbonyl (C=O) groups excluding carboxylic acids is 1. The summed E-state index contributed by atoms with van der Waals surface area (Å²) in [6.45, 7) is 3.16. The Labute approximate surface area is 119 Å². The van der Waals surface area contributed by atoms with Crippen molar-refractivity contribution in [2.24, 2.45) is 5.41 Å². The van der Waals surface area contributed by atoms with E-state index in [9.17, 15) is 4.79 Å². The SMILES string of the molecule is CC1(CCOCc2ccccc2)C=CC(=O)C(C#N)=C1.